The number of nitrogens with one attached hydrogen (secondary N) is 1. The van der Waals surface area contributed by atoms with Crippen LogP contribution in [0.2, 0.25) is 0 Å². The van der Waals surface area contributed by atoms with Gasteiger partial charge in [-0.25, -0.2) is 13.4 Å². The smallest absolute Gasteiger partial charge is 0.234 e. The predicted molar refractivity (Wildman–Crippen MR) is 68.6 cm³/mol. The van der Waals surface area contributed by atoms with Gasteiger partial charge in [-0.2, -0.15) is 0 Å². The van der Waals surface area contributed by atoms with Crippen molar-refractivity contribution in [3.05, 3.63) is 0 Å². The second-order valence-corrected chi connectivity index (χ2v) is 7.53. The zero-order valence-corrected chi connectivity index (χ0v) is 11.6. The largest absolute Gasteiger partial charge is 0.304 e. The Bertz CT molecular complexity index is 402. The van der Waals surface area contributed by atoms with Crippen molar-refractivity contribution in [3.8, 4) is 0 Å². The third kappa shape index (κ3) is 3.93. The molecule has 0 radical (unpaired) electrons. The van der Waals surface area contributed by atoms with Crippen molar-refractivity contribution in [1.29, 1.82) is 0 Å². The quantitative estimate of drug-likeness (QED) is 0.722. The van der Waals surface area contributed by atoms with Crippen LogP contribution in [0, 0.1) is 5.92 Å². The lowest BCUT2D eigenvalue weighted by atomic mass is 10.1. The van der Waals surface area contributed by atoms with Crippen molar-refractivity contribution in [2.75, 3.05) is 44.7 Å². The first-order valence-electron chi connectivity index (χ1n) is 6.38. The maximum Gasteiger partial charge on any atom is 0.234 e. The standard InChI is InChI=1S/C11H21N3O3S/c1-13-3-5-14(6-4-13)12-11(15)8-10-2-7-18(16,17)9-10/h10H,2-9H2,1H3,(H,12,15). The van der Waals surface area contributed by atoms with Crippen LogP contribution >= 0.6 is 0 Å². The Morgan fingerprint density at radius 3 is 2.50 bits per heavy atom. The van der Waals surface area contributed by atoms with Gasteiger partial charge in [0.15, 0.2) is 9.84 Å². The number of hydrogen-bond acceptors (Lipinski definition) is 5. The molecule has 2 heterocycles. The Morgan fingerprint density at radius 1 is 1.28 bits per heavy atom. The molecule has 0 aromatic carbocycles. The van der Waals surface area contributed by atoms with Crippen LogP contribution in [0.5, 0.6) is 0 Å². The number of hydrazine groups is 1. The van der Waals surface area contributed by atoms with Crippen molar-refractivity contribution in [3.63, 3.8) is 0 Å². The molecular formula is C11H21N3O3S. The van der Waals surface area contributed by atoms with Gasteiger partial charge in [-0.1, -0.05) is 0 Å². The van der Waals surface area contributed by atoms with E-state index in [1.807, 2.05) is 5.01 Å². The topological polar surface area (TPSA) is 69.7 Å². The van der Waals surface area contributed by atoms with Gasteiger partial charge in [-0.15, -0.1) is 0 Å². The number of sulfone groups is 1. The minimum absolute atomic E-state index is 0.00228. The van der Waals surface area contributed by atoms with Gasteiger partial charge in [0.2, 0.25) is 5.91 Å². The van der Waals surface area contributed by atoms with Crippen molar-refractivity contribution in [1.82, 2.24) is 15.3 Å². The summed E-state index contributed by atoms with van der Waals surface area (Å²) in [5.41, 5.74) is 2.87. The second-order valence-electron chi connectivity index (χ2n) is 5.30. The minimum atomic E-state index is -2.88. The molecule has 1 amide bonds. The molecule has 0 spiro atoms. The lowest BCUT2D eigenvalue weighted by Crippen LogP contribution is -2.52. The van der Waals surface area contributed by atoms with Gasteiger partial charge in [0, 0.05) is 32.6 Å². The number of carbonyl (C=O) groups excluding carboxylic acids is 1. The monoisotopic (exact) mass is 275 g/mol. The van der Waals surface area contributed by atoms with Gasteiger partial charge in [-0.05, 0) is 19.4 Å². The van der Waals surface area contributed by atoms with E-state index in [-0.39, 0.29) is 23.3 Å². The fraction of sp³-hybridized carbons (Fsp3) is 0.909. The summed E-state index contributed by atoms with van der Waals surface area (Å²) in [4.78, 5) is 14.0. The van der Waals surface area contributed by atoms with Gasteiger partial charge < -0.3 is 4.90 Å². The molecule has 2 rings (SSSR count). The van der Waals surface area contributed by atoms with Crippen molar-refractivity contribution in [2.24, 2.45) is 5.92 Å². The summed E-state index contributed by atoms with van der Waals surface area (Å²) in [7, 11) is -0.824. The van der Waals surface area contributed by atoms with E-state index in [0.717, 1.165) is 26.2 Å². The SMILES string of the molecule is CN1CCN(NC(=O)CC2CCS(=O)(=O)C2)CC1. The van der Waals surface area contributed by atoms with Crippen LogP contribution in [0.25, 0.3) is 0 Å². The fourth-order valence-corrected chi connectivity index (χ4v) is 4.30. The maximum absolute atomic E-state index is 11.8. The van der Waals surface area contributed by atoms with E-state index in [4.69, 9.17) is 0 Å². The lowest BCUT2D eigenvalue weighted by molar-refractivity contribution is -0.127. The van der Waals surface area contributed by atoms with Gasteiger partial charge >= 0.3 is 0 Å². The van der Waals surface area contributed by atoms with E-state index in [0.29, 0.717) is 12.8 Å². The number of carbonyl (C=O) groups is 1. The molecular weight excluding hydrogens is 254 g/mol. The van der Waals surface area contributed by atoms with Crippen LogP contribution < -0.4 is 5.43 Å². The zero-order valence-electron chi connectivity index (χ0n) is 10.8. The Morgan fingerprint density at radius 2 is 1.94 bits per heavy atom. The molecule has 2 fully saturated rings. The van der Waals surface area contributed by atoms with Gasteiger partial charge in [0.05, 0.1) is 11.5 Å². The van der Waals surface area contributed by atoms with E-state index >= 15 is 0 Å². The molecule has 1 N–H and O–H groups in total. The van der Waals surface area contributed by atoms with Crippen LogP contribution in [0.4, 0.5) is 0 Å². The van der Waals surface area contributed by atoms with Crippen LogP contribution in [-0.2, 0) is 14.6 Å². The number of piperazine rings is 1. The molecule has 0 aromatic rings. The lowest BCUT2D eigenvalue weighted by Gasteiger charge is -2.32. The molecule has 0 bridgehead atoms. The van der Waals surface area contributed by atoms with Crippen LogP contribution in [0.15, 0.2) is 0 Å². The zero-order chi connectivity index (χ0) is 13.2. The minimum Gasteiger partial charge on any atom is -0.304 e. The Hall–Kier alpha value is -0.660. The summed E-state index contributed by atoms with van der Waals surface area (Å²) in [6.45, 7) is 3.53. The molecule has 7 heteroatoms. The summed E-state index contributed by atoms with van der Waals surface area (Å²) >= 11 is 0. The third-order valence-electron chi connectivity index (χ3n) is 3.59. The summed E-state index contributed by atoms with van der Waals surface area (Å²) in [6.07, 6.45) is 0.948. The fourth-order valence-electron chi connectivity index (χ4n) is 2.44. The Kier molecular flexibility index (Phi) is 4.24. The molecule has 104 valence electrons. The van der Waals surface area contributed by atoms with E-state index in [1.165, 1.54) is 0 Å². The number of rotatable bonds is 3. The molecule has 2 aliphatic rings. The summed E-state index contributed by atoms with van der Waals surface area (Å²) in [5, 5.41) is 1.92. The van der Waals surface area contributed by atoms with Gasteiger partial charge in [-0.3, -0.25) is 10.2 Å². The van der Waals surface area contributed by atoms with E-state index in [2.05, 4.69) is 17.4 Å². The summed E-state index contributed by atoms with van der Waals surface area (Å²) in [6, 6.07) is 0. The number of nitrogens with zero attached hydrogens (tertiary/aromatic N) is 2. The number of amides is 1. The molecule has 6 nitrogen and oxygen atoms in total. The van der Waals surface area contributed by atoms with E-state index in [1.54, 1.807) is 0 Å². The first kappa shape index (κ1) is 13.8. The molecule has 1 atom stereocenters. The van der Waals surface area contributed by atoms with E-state index < -0.39 is 9.84 Å². The summed E-state index contributed by atoms with van der Waals surface area (Å²) in [5.74, 6) is 0.354. The predicted octanol–water partition coefficient (Wildman–Crippen LogP) is -0.910. The molecule has 18 heavy (non-hydrogen) atoms. The number of hydrogen-bond donors (Lipinski definition) is 1. The van der Waals surface area contributed by atoms with Gasteiger partial charge in [0.1, 0.15) is 0 Å². The normalized spacial score (nSPS) is 29.3. The highest BCUT2D eigenvalue weighted by molar-refractivity contribution is 7.91. The third-order valence-corrected chi connectivity index (χ3v) is 5.42. The maximum atomic E-state index is 11.8. The van der Waals surface area contributed by atoms with Crippen LogP contribution in [-0.4, -0.2) is 69.0 Å². The molecule has 0 saturated carbocycles. The average Bonchev–Trinajstić information content (AvgIpc) is 2.61. The molecule has 2 aliphatic heterocycles. The second kappa shape index (κ2) is 5.54. The molecule has 0 aliphatic carbocycles. The van der Waals surface area contributed by atoms with Crippen molar-refractivity contribution in [2.45, 2.75) is 12.8 Å². The van der Waals surface area contributed by atoms with E-state index in [9.17, 15) is 13.2 Å². The first-order valence-corrected chi connectivity index (χ1v) is 8.20. The Balaban J connectivity index is 1.73. The van der Waals surface area contributed by atoms with Gasteiger partial charge in [0.25, 0.3) is 0 Å². The van der Waals surface area contributed by atoms with Crippen LogP contribution in [0.3, 0.4) is 0 Å². The Labute approximate surface area is 108 Å². The number of likely N-dealkylation sites (N-methyl/N-ethyl adjacent to an activating group) is 1. The first-order chi connectivity index (χ1) is 8.44. The highest BCUT2D eigenvalue weighted by Gasteiger charge is 2.29. The molecule has 0 aromatic heterocycles. The highest BCUT2D eigenvalue weighted by atomic mass is 32.2. The van der Waals surface area contributed by atoms with Crippen LogP contribution in [0.1, 0.15) is 12.8 Å². The van der Waals surface area contributed by atoms with Crippen molar-refractivity contribution < 1.29 is 13.2 Å². The highest BCUT2D eigenvalue weighted by Crippen LogP contribution is 2.21. The molecule has 2 saturated heterocycles. The average molecular weight is 275 g/mol. The summed E-state index contributed by atoms with van der Waals surface area (Å²) < 4.78 is 22.6. The van der Waals surface area contributed by atoms with Crippen molar-refractivity contribution >= 4 is 15.7 Å². The molecule has 1 unspecified atom stereocenters.